The first-order chi connectivity index (χ1) is 8.38. The summed E-state index contributed by atoms with van der Waals surface area (Å²) in [6.07, 6.45) is -2.24. The van der Waals surface area contributed by atoms with Gasteiger partial charge in [-0.15, -0.1) is 11.3 Å². The highest BCUT2D eigenvalue weighted by Gasteiger charge is 2.35. The molecule has 0 amide bonds. The average molecular weight is 272 g/mol. The third-order valence-corrected chi connectivity index (χ3v) is 3.19. The number of halogens is 3. The van der Waals surface area contributed by atoms with Crippen molar-refractivity contribution in [1.29, 1.82) is 0 Å². The van der Waals surface area contributed by atoms with E-state index in [0.717, 1.165) is 11.9 Å². The molecule has 0 saturated heterocycles. The van der Waals surface area contributed by atoms with Crippen LogP contribution in [0.5, 0.6) is 0 Å². The number of ketones is 1. The maximum absolute atomic E-state index is 12.3. The van der Waals surface area contributed by atoms with Crippen LogP contribution < -0.4 is 0 Å². The molecule has 2 aromatic heterocycles. The second-order valence-electron chi connectivity index (χ2n) is 3.54. The number of pyridine rings is 1. The van der Waals surface area contributed by atoms with Crippen molar-refractivity contribution < 1.29 is 18.0 Å². The van der Waals surface area contributed by atoms with Crippen molar-refractivity contribution in [3.05, 3.63) is 45.7 Å². The molecule has 0 saturated carbocycles. The highest BCUT2D eigenvalue weighted by atomic mass is 32.1. The number of hydrogen-bond donors (Lipinski definition) is 0. The molecule has 0 spiro atoms. The maximum Gasteiger partial charge on any atom is 0.443 e. The topological polar surface area (TPSA) is 42.9 Å². The Balaban J connectivity index is 2.29. The predicted octanol–water partition coefficient (Wildman–Crippen LogP) is 3.10. The van der Waals surface area contributed by atoms with E-state index in [1.807, 2.05) is 0 Å². The van der Waals surface area contributed by atoms with E-state index in [-0.39, 0.29) is 10.4 Å². The van der Waals surface area contributed by atoms with Gasteiger partial charge >= 0.3 is 6.18 Å². The summed E-state index contributed by atoms with van der Waals surface area (Å²) in [7, 11) is 0. The Kier molecular flexibility index (Phi) is 3.16. The zero-order chi connectivity index (χ0) is 13.3. The molecule has 0 N–H and O–H groups in total. The van der Waals surface area contributed by atoms with E-state index >= 15 is 0 Å². The molecule has 0 unspecified atom stereocenters. The summed E-state index contributed by atoms with van der Waals surface area (Å²) in [5.74, 6) is -0.504. The van der Waals surface area contributed by atoms with Crippen LogP contribution >= 0.6 is 11.3 Å². The van der Waals surface area contributed by atoms with Crippen LogP contribution in [0.4, 0.5) is 13.2 Å². The number of nitrogens with zero attached hydrogens (tertiary/aromatic N) is 2. The van der Waals surface area contributed by atoms with Crippen molar-refractivity contribution in [3.8, 4) is 0 Å². The zero-order valence-electron chi connectivity index (χ0n) is 9.15. The summed E-state index contributed by atoms with van der Waals surface area (Å²) >= 11 is 0.334. The molecule has 0 bridgehead atoms. The molecule has 94 valence electrons. The molecule has 0 atom stereocenters. The summed E-state index contributed by atoms with van der Waals surface area (Å²) in [6, 6.07) is 3.15. The Morgan fingerprint density at radius 1 is 1.22 bits per heavy atom. The molecular formula is C11H7F3N2OS. The van der Waals surface area contributed by atoms with Crippen molar-refractivity contribution in [2.24, 2.45) is 0 Å². The molecule has 7 heteroatoms. The third-order valence-electron chi connectivity index (χ3n) is 2.15. The number of carbonyl (C=O) groups is 1. The van der Waals surface area contributed by atoms with E-state index in [0.29, 0.717) is 11.3 Å². The van der Waals surface area contributed by atoms with E-state index in [1.54, 1.807) is 13.0 Å². The first kappa shape index (κ1) is 12.7. The van der Waals surface area contributed by atoms with E-state index in [4.69, 9.17) is 0 Å². The molecular weight excluding hydrogens is 265 g/mol. The normalized spacial score (nSPS) is 11.6. The van der Waals surface area contributed by atoms with Gasteiger partial charge in [-0.2, -0.15) is 13.2 Å². The minimum atomic E-state index is -4.52. The summed E-state index contributed by atoms with van der Waals surface area (Å²) in [5, 5.41) is -1.02. The summed E-state index contributed by atoms with van der Waals surface area (Å²) in [6.45, 7) is 1.75. The minimum absolute atomic E-state index is 0.0482. The van der Waals surface area contributed by atoms with Crippen LogP contribution in [0.15, 0.2) is 24.5 Å². The van der Waals surface area contributed by atoms with Gasteiger partial charge < -0.3 is 0 Å². The van der Waals surface area contributed by atoms with Gasteiger partial charge in [0.15, 0.2) is 5.01 Å². The molecule has 0 aliphatic heterocycles. The first-order valence-electron chi connectivity index (χ1n) is 4.88. The molecule has 3 nitrogen and oxygen atoms in total. The average Bonchev–Trinajstić information content (AvgIpc) is 2.78. The van der Waals surface area contributed by atoms with E-state index in [9.17, 15) is 18.0 Å². The van der Waals surface area contributed by atoms with Gasteiger partial charge in [0, 0.05) is 23.7 Å². The number of aryl methyl sites for hydroxylation is 1. The molecule has 0 fully saturated rings. The SMILES string of the molecule is Cc1ccc(C(=O)c2cnc(C(F)(F)F)s2)cn1. The quantitative estimate of drug-likeness (QED) is 0.789. The van der Waals surface area contributed by atoms with E-state index < -0.39 is 17.0 Å². The van der Waals surface area contributed by atoms with Crippen molar-refractivity contribution in [1.82, 2.24) is 9.97 Å². The summed E-state index contributed by atoms with van der Waals surface area (Å²) in [4.78, 5) is 18.9. The fourth-order valence-electron chi connectivity index (χ4n) is 1.25. The maximum atomic E-state index is 12.3. The Morgan fingerprint density at radius 3 is 2.44 bits per heavy atom. The lowest BCUT2D eigenvalue weighted by Crippen LogP contribution is -2.03. The fraction of sp³-hybridized carbons (Fsp3) is 0.182. The Morgan fingerprint density at radius 2 is 1.94 bits per heavy atom. The Hall–Kier alpha value is -1.76. The zero-order valence-corrected chi connectivity index (χ0v) is 9.97. The smallest absolute Gasteiger partial charge is 0.288 e. The molecule has 2 aromatic rings. The summed E-state index contributed by atoms with van der Waals surface area (Å²) < 4.78 is 37.0. The van der Waals surface area contributed by atoms with Crippen molar-refractivity contribution in [2.45, 2.75) is 13.1 Å². The van der Waals surface area contributed by atoms with Crippen molar-refractivity contribution in [2.75, 3.05) is 0 Å². The number of alkyl halides is 3. The Bertz CT molecular complexity index is 575. The lowest BCUT2D eigenvalue weighted by molar-refractivity contribution is -0.137. The molecule has 18 heavy (non-hydrogen) atoms. The van der Waals surface area contributed by atoms with Gasteiger partial charge in [-0.1, -0.05) is 0 Å². The van der Waals surface area contributed by atoms with E-state index in [2.05, 4.69) is 9.97 Å². The van der Waals surface area contributed by atoms with Crippen LogP contribution in [0.3, 0.4) is 0 Å². The van der Waals surface area contributed by atoms with Gasteiger partial charge in [0.2, 0.25) is 5.78 Å². The molecule has 0 radical (unpaired) electrons. The van der Waals surface area contributed by atoms with Gasteiger partial charge in [0.1, 0.15) is 0 Å². The van der Waals surface area contributed by atoms with Crippen LogP contribution in [0, 0.1) is 6.92 Å². The number of thiazole rings is 1. The highest BCUT2D eigenvalue weighted by molar-refractivity contribution is 7.13. The minimum Gasteiger partial charge on any atom is -0.288 e. The lowest BCUT2D eigenvalue weighted by atomic mass is 10.1. The van der Waals surface area contributed by atoms with Crippen molar-refractivity contribution in [3.63, 3.8) is 0 Å². The van der Waals surface area contributed by atoms with Gasteiger partial charge in [-0.25, -0.2) is 4.98 Å². The molecule has 2 heterocycles. The molecule has 0 aliphatic carbocycles. The fourth-order valence-corrected chi connectivity index (χ4v) is 2.00. The number of carbonyl (C=O) groups excluding carboxylic acids is 1. The summed E-state index contributed by atoms with van der Waals surface area (Å²) in [5.41, 5.74) is 0.977. The van der Waals surface area contributed by atoms with Crippen LogP contribution in [-0.2, 0) is 6.18 Å². The Labute approximate surface area is 104 Å². The molecule has 2 rings (SSSR count). The molecule has 0 aromatic carbocycles. The van der Waals surface area contributed by atoms with E-state index in [1.165, 1.54) is 12.3 Å². The van der Waals surface area contributed by atoms with Gasteiger partial charge in [-0.05, 0) is 19.1 Å². The van der Waals surface area contributed by atoms with Crippen LogP contribution in [0.1, 0.15) is 25.9 Å². The largest absolute Gasteiger partial charge is 0.443 e. The highest BCUT2D eigenvalue weighted by Crippen LogP contribution is 2.32. The second kappa shape index (κ2) is 4.49. The first-order valence-corrected chi connectivity index (χ1v) is 5.70. The third kappa shape index (κ3) is 2.56. The molecule has 0 aliphatic rings. The lowest BCUT2D eigenvalue weighted by Gasteiger charge is -1.99. The van der Waals surface area contributed by atoms with Crippen LogP contribution in [0.2, 0.25) is 0 Å². The monoisotopic (exact) mass is 272 g/mol. The van der Waals surface area contributed by atoms with Crippen molar-refractivity contribution >= 4 is 17.1 Å². The van der Waals surface area contributed by atoms with Crippen LogP contribution in [-0.4, -0.2) is 15.8 Å². The number of rotatable bonds is 2. The number of aromatic nitrogens is 2. The predicted molar refractivity (Wildman–Crippen MR) is 59.5 cm³/mol. The standard InChI is InChI=1S/C11H7F3N2OS/c1-6-2-3-7(4-15-6)9(17)8-5-16-10(18-8)11(12,13)14/h2-5H,1H3. The van der Waals surface area contributed by atoms with Gasteiger partial charge in [0.05, 0.1) is 4.88 Å². The van der Waals surface area contributed by atoms with Gasteiger partial charge in [-0.3, -0.25) is 9.78 Å². The van der Waals surface area contributed by atoms with Gasteiger partial charge in [0.25, 0.3) is 0 Å². The number of hydrogen-bond acceptors (Lipinski definition) is 4. The second-order valence-corrected chi connectivity index (χ2v) is 4.58. The van der Waals surface area contributed by atoms with Crippen LogP contribution in [0.25, 0.3) is 0 Å².